The molecule has 0 fully saturated rings. The molecule has 1 unspecified atom stereocenters. The minimum atomic E-state index is -0.736. The molecule has 0 aromatic heterocycles. The van der Waals surface area contributed by atoms with Gasteiger partial charge in [0.1, 0.15) is 17.8 Å². The Kier molecular flexibility index (Phi) is 5.05. The second-order valence-corrected chi connectivity index (χ2v) is 5.82. The molecule has 1 heterocycles. The maximum Gasteiger partial charge on any atom is 0.313 e. The normalized spacial score (nSPS) is 21.1. The summed E-state index contributed by atoms with van der Waals surface area (Å²) < 4.78 is 5.70. The van der Waals surface area contributed by atoms with Gasteiger partial charge < -0.3 is 9.84 Å². The summed E-state index contributed by atoms with van der Waals surface area (Å²) in [7, 11) is 0. The topological polar surface area (TPSA) is 46.5 Å². The lowest BCUT2D eigenvalue weighted by molar-refractivity contribution is -0.152. The van der Waals surface area contributed by atoms with Crippen LogP contribution in [0.4, 0.5) is 0 Å². The molecule has 20 heavy (non-hydrogen) atoms. The van der Waals surface area contributed by atoms with Crippen molar-refractivity contribution in [2.24, 2.45) is 5.41 Å². The summed E-state index contributed by atoms with van der Waals surface area (Å²) in [5.41, 5.74) is 0.287. The van der Waals surface area contributed by atoms with Crippen molar-refractivity contribution in [1.82, 2.24) is 0 Å². The van der Waals surface area contributed by atoms with Gasteiger partial charge in [-0.3, -0.25) is 4.79 Å². The van der Waals surface area contributed by atoms with E-state index in [0.29, 0.717) is 19.4 Å². The monoisotopic (exact) mass is 276 g/mol. The van der Waals surface area contributed by atoms with Crippen LogP contribution in [0.1, 0.15) is 51.0 Å². The molecule has 1 aromatic carbocycles. The van der Waals surface area contributed by atoms with Crippen molar-refractivity contribution < 1.29 is 14.6 Å². The van der Waals surface area contributed by atoms with Gasteiger partial charge in [-0.1, -0.05) is 57.2 Å². The third-order valence-electron chi connectivity index (χ3n) is 4.22. The number of aliphatic carboxylic acids is 1. The van der Waals surface area contributed by atoms with Crippen LogP contribution in [0.5, 0.6) is 5.75 Å². The van der Waals surface area contributed by atoms with E-state index in [1.807, 2.05) is 24.3 Å². The number of carboxylic acid groups (broad SMARTS) is 1. The van der Waals surface area contributed by atoms with E-state index in [0.717, 1.165) is 24.2 Å². The highest BCUT2D eigenvalue weighted by Gasteiger charge is 2.42. The molecule has 0 radical (unpaired) electrons. The molecule has 0 spiro atoms. The van der Waals surface area contributed by atoms with Crippen molar-refractivity contribution in [3.8, 4) is 5.75 Å². The number of ether oxygens (including phenoxy) is 1. The summed E-state index contributed by atoms with van der Waals surface area (Å²) in [6.07, 6.45) is 7.03. The van der Waals surface area contributed by atoms with Crippen molar-refractivity contribution in [3.05, 3.63) is 29.8 Å². The lowest BCUT2D eigenvalue weighted by Gasteiger charge is -2.34. The number of carboxylic acids is 1. The van der Waals surface area contributed by atoms with Gasteiger partial charge in [-0.25, -0.2) is 0 Å². The van der Waals surface area contributed by atoms with E-state index >= 15 is 0 Å². The molecular formula is C17H24O3. The zero-order valence-corrected chi connectivity index (χ0v) is 12.2. The molecule has 1 aromatic rings. The predicted molar refractivity (Wildman–Crippen MR) is 79.1 cm³/mol. The average molecular weight is 276 g/mol. The van der Waals surface area contributed by atoms with E-state index in [2.05, 4.69) is 6.92 Å². The fourth-order valence-corrected chi connectivity index (χ4v) is 2.89. The standard InChI is InChI=1S/C17H24O3/c1-2-3-4-5-8-11-17(16(18)19)12-14-9-6-7-10-15(14)20-13-17/h6-7,9-10H,2-5,8,11-13H2,1H3,(H,18,19). The van der Waals surface area contributed by atoms with Crippen LogP contribution in [0.25, 0.3) is 0 Å². The number of para-hydroxylation sites is 1. The first kappa shape index (κ1) is 14.9. The smallest absolute Gasteiger partial charge is 0.313 e. The van der Waals surface area contributed by atoms with Crippen molar-refractivity contribution >= 4 is 5.97 Å². The highest BCUT2D eigenvalue weighted by atomic mass is 16.5. The molecule has 1 N–H and O–H groups in total. The number of unbranched alkanes of at least 4 members (excludes halogenated alkanes) is 4. The summed E-state index contributed by atoms with van der Waals surface area (Å²) in [6, 6.07) is 7.77. The molecule has 0 saturated carbocycles. The zero-order chi connectivity index (χ0) is 14.4. The average Bonchev–Trinajstić information content (AvgIpc) is 2.46. The molecule has 0 amide bonds. The highest BCUT2D eigenvalue weighted by Crippen LogP contribution is 2.38. The van der Waals surface area contributed by atoms with Crippen molar-refractivity contribution in [2.45, 2.75) is 51.9 Å². The summed E-state index contributed by atoms with van der Waals surface area (Å²) in [5, 5.41) is 9.64. The summed E-state index contributed by atoms with van der Waals surface area (Å²) in [5.74, 6) is 0.123. The van der Waals surface area contributed by atoms with Gasteiger partial charge in [-0.2, -0.15) is 0 Å². The lowest BCUT2D eigenvalue weighted by Crippen LogP contribution is -2.42. The number of fused-ring (bicyclic) bond motifs is 1. The first-order valence-corrected chi connectivity index (χ1v) is 7.62. The van der Waals surface area contributed by atoms with Crippen LogP contribution in [0.15, 0.2) is 24.3 Å². The van der Waals surface area contributed by atoms with Crippen LogP contribution in [0.3, 0.4) is 0 Å². The van der Waals surface area contributed by atoms with E-state index in [-0.39, 0.29) is 0 Å². The molecule has 3 heteroatoms. The molecule has 110 valence electrons. The number of carbonyl (C=O) groups is 1. The van der Waals surface area contributed by atoms with Gasteiger partial charge in [0, 0.05) is 0 Å². The van der Waals surface area contributed by atoms with Crippen LogP contribution in [0, 0.1) is 5.41 Å². The lowest BCUT2D eigenvalue weighted by atomic mass is 9.76. The zero-order valence-electron chi connectivity index (χ0n) is 12.2. The number of benzene rings is 1. The Morgan fingerprint density at radius 2 is 2.00 bits per heavy atom. The van der Waals surface area contributed by atoms with Crippen LogP contribution in [0.2, 0.25) is 0 Å². The van der Waals surface area contributed by atoms with Gasteiger partial charge in [-0.15, -0.1) is 0 Å². The summed E-state index contributed by atoms with van der Waals surface area (Å²) >= 11 is 0. The SMILES string of the molecule is CCCCCCCC1(C(=O)O)COc2ccccc2C1. The van der Waals surface area contributed by atoms with Gasteiger partial charge in [-0.05, 0) is 24.5 Å². The first-order chi connectivity index (χ1) is 9.68. The van der Waals surface area contributed by atoms with Gasteiger partial charge in [0.25, 0.3) is 0 Å². The molecule has 1 aliphatic rings. The molecule has 0 bridgehead atoms. The Morgan fingerprint density at radius 3 is 2.75 bits per heavy atom. The van der Waals surface area contributed by atoms with Gasteiger partial charge in [0.05, 0.1) is 0 Å². The molecule has 3 nitrogen and oxygen atoms in total. The molecular weight excluding hydrogens is 252 g/mol. The van der Waals surface area contributed by atoms with Crippen molar-refractivity contribution in [1.29, 1.82) is 0 Å². The van der Waals surface area contributed by atoms with Crippen LogP contribution >= 0.6 is 0 Å². The number of hydrogen-bond acceptors (Lipinski definition) is 2. The van der Waals surface area contributed by atoms with Gasteiger partial charge in [0.2, 0.25) is 0 Å². The molecule has 2 rings (SSSR count). The maximum atomic E-state index is 11.7. The Bertz CT molecular complexity index is 455. The predicted octanol–water partition coefficient (Wildman–Crippen LogP) is 4.05. The Balaban J connectivity index is 1.99. The fraction of sp³-hybridized carbons (Fsp3) is 0.588. The van der Waals surface area contributed by atoms with Gasteiger partial charge >= 0.3 is 5.97 Å². The molecule has 0 saturated heterocycles. The highest BCUT2D eigenvalue weighted by molar-refractivity contribution is 5.76. The first-order valence-electron chi connectivity index (χ1n) is 7.62. The second-order valence-electron chi connectivity index (χ2n) is 5.82. The van der Waals surface area contributed by atoms with E-state index in [1.54, 1.807) is 0 Å². The summed E-state index contributed by atoms with van der Waals surface area (Å²) in [6.45, 7) is 2.48. The minimum absolute atomic E-state index is 0.299. The number of hydrogen-bond donors (Lipinski definition) is 1. The van der Waals surface area contributed by atoms with Crippen LogP contribution in [-0.2, 0) is 11.2 Å². The molecule has 0 aliphatic carbocycles. The van der Waals surface area contributed by atoms with E-state index in [1.165, 1.54) is 19.3 Å². The number of rotatable bonds is 7. The Labute approximate surface area is 121 Å². The van der Waals surface area contributed by atoms with Crippen molar-refractivity contribution in [2.75, 3.05) is 6.61 Å². The maximum absolute atomic E-state index is 11.7. The third-order valence-corrected chi connectivity index (χ3v) is 4.22. The minimum Gasteiger partial charge on any atom is -0.492 e. The Morgan fingerprint density at radius 1 is 1.25 bits per heavy atom. The van der Waals surface area contributed by atoms with E-state index < -0.39 is 11.4 Å². The molecule has 1 aliphatic heterocycles. The van der Waals surface area contributed by atoms with Crippen LogP contribution in [-0.4, -0.2) is 17.7 Å². The summed E-state index contributed by atoms with van der Waals surface area (Å²) in [4.78, 5) is 11.7. The Hall–Kier alpha value is -1.51. The second kappa shape index (κ2) is 6.78. The van der Waals surface area contributed by atoms with E-state index in [9.17, 15) is 9.90 Å². The largest absolute Gasteiger partial charge is 0.492 e. The quantitative estimate of drug-likeness (QED) is 0.764. The van der Waals surface area contributed by atoms with Crippen molar-refractivity contribution in [3.63, 3.8) is 0 Å². The van der Waals surface area contributed by atoms with Crippen LogP contribution < -0.4 is 4.74 Å². The third kappa shape index (κ3) is 3.33. The van der Waals surface area contributed by atoms with E-state index in [4.69, 9.17) is 4.74 Å². The fourth-order valence-electron chi connectivity index (χ4n) is 2.89. The molecule has 1 atom stereocenters. The van der Waals surface area contributed by atoms with Gasteiger partial charge in [0.15, 0.2) is 0 Å².